The van der Waals surface area contributed by atoms with Crippen molar-refractivity contribution in [1.82, 2.24) is 4.90 Å². The van der Waals surface area contributed by atoms with Gasteiger partial charge in [-0.15, -0.1) is 0 Å². The summed E-state index contributed by atoms with van der Waals surface area (Å²) in [5, 5.41) is 7.75. The van der Waals surface area contributed by atoms with Crippen molar-refractivity contribution in [3.8, 4) is 0 Å². The lowest BCUT2D eigenvalue weighted by Gasteiger charge is -2.17. The van der Waals surface area contributed by atoms with Crippen LogP contribution in [0.5, 0.6) is 0 Å². The SMILES string of the molecule is NS(=O)(=O)c1ccc(NC(=O)CCCCCN2C(=O)C3C4C=CC(C4)C3C2=O)cc1. The second kappa shape index (κ2) is 7.96. The van der Waals surface area contributed by atoms with Gasteiger partial charge in [0.2, 0.25) is 27.7 Å². The molecule has 4 unspecified atom stereocenters. The lowest BCUT2D eigenvalue weighted by Crippen LogP contribution is -2.33. The minimum atomic E-state index is -3.76. The van der Waals surface area contributed by atoms with Gasteiger partial charge in [0.1, 0.15) is 0 Å². The van der Waals surface area contributed by atoms with Gasteiger partial charge in [-0.3, -0.25) is 19.3 Å². The summed E-state index contributed by atoms with van der Waals surface area (Å²) in [4.78, 5) is 38.7. The summed E-state index contributed by atoms with van der Waals surface area (Å²) in [6.07, 6.45) is 7.45. The number of allylic oxidation sites excluding steroid dienone is 2. The molecule has 30 heavy (non-hydrogen) atoms. The predicted octanol–water partition coefficient (Wildman–Crippen LogP) is 1.64. The van der Waals surface area contributed by atoms with Crippen LogP contribution < -0.4 is 10.5 Å². The number of primary sulfonamides is 1. The zero-order chi connectivity index (χ0) is 21.5. The number of nitrogens with one attached hydrogen (secondary N) is 1. The number of likely N-dealkylation sites (tertiary alicyclic amines) is 1. The Morgan fingerprint density at radius 2 is 1.60 bits per heavy atom. The van der Waals surface area contributed by atoms with Crippen LogP contribution in [-0.4, -0.2) is 37.6 Å². The quantitative estimate of drug-likeness (QED) is 0.368. The highest BCUT2D eigenvalue weighted by Gasteiger charge is 2.58. The van der Waals surface area contributed by atoms with Crippen LogP contribution in [0.25, 0.3) is 0 Å². The van der Waals surface area contributed by atoms with E-state index in [0.717, 1.165) is 12.8 Å². The van der Waals surface area contributed by atoms with Gasteiger partial charge in [0.25, 0.3) is 0 Å². The molecular weight excluding hydrogens is 406 g/mol. The Kier molecular flexibility index (Phi) is 5.50. The van der Waals surface area contributed by atoms with E-state index in [2.05, 4.69) is 17.5 Å². The molecule has 1 saturated carbocycles. The van der Waals surface area contributed by atoms with Crippen molar-refractivity contribution < 1.29 is 22.8 Å². The van der Waals surface area contributed by atoms with Crippen molar-refractivity contribution in [2.24, 2.45) is 28.8 Å². The minimum Gasteiger partial charge on any atom is -0.326 e. The molecule has 1 aliphatic heterocycles. The molecule has 3 aliphatic rings. The summed E-state index contributed by atoms with van der Waals surface area (Å²) in [7, 11) is -3.76. The van der Waals surface area contributed by atoms with Crippen molar-refractivity contribution in [3.63, 3.8) is 0 Å². The number of nitrogens with two attached hydrogens (primary N) is 1. The van der Waals surface area contributed by atoms with Crippen LogP contribution >= 0.6 is 0 Å². The summed E-state index contributed by atoms with van der Waals surface area (Å²) in [5.74, 6) is -0.0832. The maximum atomic E-state index is 12.6. The van der Waals surface area contributed by atoms with Crippen LogP contribution in [-0.2, 0) is 24.4 Å². The van der Waals surface area contributed by atoms with Gasteiger partial charge in [0, 0.05) is 18.7 Å². The Morgan fingerprint density at radius 3 is 2.17 bits per heavy atom. The van der Waals surface area contributed by atoms with Crippen LogP contribution in [0.4, 0.5) is 5.69 Å². The molecule has 160 valence electrons. The second-order valence-electron chi connectivity index (χ2n) is 8.26. The Balaban J connectivity index is 1.17. The average Bonchev–Trinajstić information content (AvgIpc) is 3.37. The van der Waals surface area contributed by atoms with Gasteiger partial charge >= 0.3 is 0 Å². The molecule has 1 aromatic rings. The molecule has 2 fully saturated rings. The molecule has 4 rings (SSSR count). The summed E-state index contributed by atoms with van der Waals surface area (Å²) < 4.78 is 22.5. The largest absolute Gasteiger partial charge is 0.326 e. The van der Waals surface area contributed by atoms with Gasteiger partial charge in [-0.2, -0.15) is 0 Å². The van der Waals surface area contributed by atoms with Gasteiger partial charge in [-0.05, 0) is 55.4 Å². The molecule has 9 heteroatoms. The first-order chi connectivity index (χ1) is 14.3. The number of nitrogens with zero attached hydrogens (tertiary/aromatic N) is 1. The lowest BCUT2D eigenvalue weighted by atomic mass is 9.85. The highest BCUT2D eigenvalue weighted by atomic mass is 32.2. The summed E-state index contributed by atoms with van der Waals surface area (Å²) in [6, 6.07) is 5.65. The molecule has 2 aliphatic carbocycles. The van der Waals surface area contributed by atoms with Crippen LogP contribution in [0, 0.1) is 23.7 Å². The van der Waals surface area contributed by atoms with Crippen LogP contribution in [0.1, 0.15) is 32.1 Å². The summed E-state index contributed by atoms with van der Waals surface area (Å²) in [6.45, 7) is 0.417. The number of amides is 3. The highest BCUT2D eigenvalue weighted by Crippen LogP contribution is 2.52. The first-order valence-electron chi connectivity index (χ1n) is 10.2. The molecule has 3 N–H and O–H groups in total. The van der Waals surface area contributed by atoms with E-state index in [9.17, 15) is 22.8 Å². The van der Waals surface area contributed by atoms with Crippen LogP contribution in [0.2, 0.25) is 0 Å². The molecule has 8 nitrogen and oxygen atoms in total. The smallest absolute Gasteiger partial charge is 0.238 e. The molecule has 1 saturated heterocycles. The molecule has 4 atom stereocenters. The number of hydrogen-bond donors (Lipinski definition) is 2. The number of rotatable bonds is 8. The zero-order valence-corrected chi connectivity index (χ0v) is 17.3. The number of carbonyl (C=O) groups excluding carboxylic acids is 3. The van der Waals surface area contributed by atoms with Crippen molar-refractivity contribution >= 4 is 33.4 Å². The predicted molar refractivity (Wildman–Crippen MR) is 109 cm³/mol. The van der Waals surface area contributed by atoms with Crippen LogP contribution in [0.3, 0.4) is 0 Å². The number of imide groups is 1. The van der Waals surface area contributed by atoms with Crippen molar-refractivity contribution in [1.29, 1.82) is 0 Å². The molecule has 0 radical (unpaired) electrons. The van der Waals surface area contributed by atoms with Gasteiger partial charge in [-0.25, -0.2) is 13.6 Å². The Bertz CT molecular complexity index is 972. The van der Waals surface area contributed by atoms with E-state index < -0.39 is 10.0 Å². The van der Waals surface area contributed by atoms with Gasteiger partial charge in [-0.1, -0.05) is 18.6 Å². The number of benzene rings is 1. The van der Waals surface area contributed by atoms with Crippen molar-refractivity contribution in [2.75, 3.05) is 11.9 Å². The van der Waals surface area contributed by atoms with Gasteiger partial charge in [0.05, 0.1) is 16.7 Å². The van der Waals surface area contributed by atoms with E-state index >= 15 is 0 Å². The molecule has 2 bridgehead atoms. The molecule has 0 spiro atoms. The van der Waals surface area contributed by atoms with E-state index in [1.807, 2.05) is 0 Å². The van der Waals surface area contributed by atoms with E-state index in [0.29, 0.717) is 31.5 Å². The summed E-state index contributed by atoms with van der Waals surface area (Å²) >= 11 is 0. The molecule has 1 aromatic carbocycles. The first kappa shape index (κ1) is 20.7. The normalized spacial score (nSPS) is 27.0. The van der Waals surface area contributed by atoms with Crippen LogP contribution in [0.15, 0.2) is 41.3 Å². The third-order valence-electron chi connectivity index (χ3n) is 6.31. The van der Waals surface area contributed by atoms with E-state index in [1.165, 1.54) is 29.2 Å². The number of fused-ring (bicyclic) bond motifs is 5. The maximum absolute atomic E-state index is 12.6. The first-order valence-corrected chi connectivity index (χ1v) is 11.8. The topological polar surface area (TPSA) is 127 Å². The number of unbranched alkanes of at least 4 members (excludes halogenated alkanes) is 2. The number of carbonyl (C=O) groups is 3. The third kappa shape index (κ3) is 3.91. The fourth-order valence-corrected chi connectivity index (χ4v) is 5.38. The average molecular weight is 432 g/mol. The van der Waals surface area contributed by atoms with E-state index in [4.69, 9.17) is 5.14 Å². The standard InChI is InChI=1S/C21H25N3O5S/c22-30(28,29)16-9-7-15(8-10-16)23-17(25)4-2-1-3-11-24-20(26)18-13-5-6-14(12-13)19(18)21(24)27/h5-10,13-14,18-19H,1-4,11-12H2,(H,23,25)(H2,22,28,29). The fourth-order valence-electron chi connectivity index (χ4n) is 4.87. The van der Waals surface area contributed by atoms with E-state index in [-0.39, 0.29) is 46.3 Å². The Morgan fingerprint density at radius 1 is 1.00 bits per heavy atom. The third-order valence-corrected chi connectivity index (χ3v) is 7.24. The van der Waals surface area contributed by atoms with Crippen molar-refractivity contribution in [2.45, 2.75) is 37.0 Å². The highest BCUT2D eigenvalue weighted by molar-refractivity contribution is 7.89. The number of sulfonamides is 1. The lowest BCUT2D eigenvalue weighted by molar-refractivity contribution is -0.140. The Labute approximate surface area is 175 Å². The minimum absolute atomic E-state index is 0.0144. The number of anilines is 1. The van der Waals surface area contributed by atoms with Gasteiger partial charge in [0.15, 0.2) is 0 Å². The van der Waals surface area contributed by atoms with Gasteiger partial charge < -0.3 is 5.32 Å². The Hall–Kier alpha value is -2.52. The number of hydrogen-bond acceptors (Lipinski definition) is 5. The molecular formula is C21H25N3O5S. The fraction of sp³-hybridized carbons (Fsp3) is 0.476. The maximum Gasteiger partial charge on any atom is 0.238 e. The molecule has 3 amide bonds. The van der Waals surface area contributed by atoms with Crippen molar-refractivity contribution in [3.05, 3.63) is 36.4 Å². The monoisotopic (exact) mass is 431 g/mol. The second-order valence-corrected chi connectivity index (χ2v) is 9.82. The summed E-state index contributed by atoms with van der Waals surface area (Å²) in [5.41, 5.74) is 0.496. The molecule has 0 aromatic heterocycles. The molecule has 1 heterocycles. The van der Waals surface area contributed by atoms with E-state index in [1.54, 1.807) is 0 Å². The zero-order valence-electron chi connectivity index (χ0n) is 16.5.